The number of rotatable bonds is 9. The van der Waals surface area contributed by atoms with Gasteiger partial charge in [-0.3, -0.25) is 0 Å². The maximum absolute atomic E-state index is 12.2. The van der Waals surface area contributed by atoms with Crippen LogP contribution < -0.4 is 14.2 Å². The SMILES string of the molecule is CCCCCOc1cccc(OCC(=O)Oc2cccc3ccccc23)c1. The number of benzene rings is 3. The molecule has 0 bridgehead atoms. The number of carbonyl (C=O) groups is 1. The van der Waals surface area contributed by atoms with Gasteiger partial charge in [-0.15, -0.1) is 0 Å². The van der Waals surface area contributed by atoms with Crippen molar-refractivity contribution in [3.05, 3.63) is 66.7 Å². The summed E-state index contributed by atoms with van der Waals surface area (Å²) in [6, 6.07) is 20.7. The Morgan fingerprint density at radius 1 is 0.852 bits per heavy atom. The van der Waals surface area contributed by atoms with Crippen molar-refractivity contribution in [2.45, 2.75) is 26.2 Å². The molecule has 4 nitrogen and oxygen atoms in total. The Morgan fingerprint density at radius 2 is 1.59 bits per heavy atom. The number of carbonyl (C=O) groups excluding carboxylic acids is 1. The van der Waals surface area contributed by atoms with Crippen LogP contribution in [0.3, 0.4) is 0 Å². The first-order chi connectivity index (χ1) is 13.3. The van der Waals surface area contributed by atoms with E-state index in [-0.39, 0.29) is 6.61 Å². The number of unbranched alkanes of at least 4 members (excludes halogenated alkanes) is 2. The zero-order chi connectivity index (χ0) is 18.9. The lowest BCUT2D eigenvalue weighted by molar-refractivity contribution is -0.136. The molecule has 0 N–H and O–H groups in total. The van der Waals surface area contributed by atoms with Crippen molar-refractivity contribution in [2.75, 3.05) is 13.2 Å². The summed E-state index contributed by atoms with van der Waals surface area (Å²) < 4.78 is 16.7. The lowest BCUT2D eigenvalue weighted by atomic mass is 10.1. The van der Waals surface area contributed by atoms with Crippen molar-refractivity contribution in [2.24, 2.45) is 0 Å². The van der Waals surface area contributed by atoms with Crippen LogP contribution in [-0.4, -0.2) is 19.2 Å². The Hall–Kier alpha value is -3.01. The molecule has 0 amide bonds. The largest absolute Gasteiger partial charge is 0.493 e. The predicted molar refractivity (Wildman–Crippen MR) is 107 cm³/mol. The second kappa shape index (κ2) is 9.62. The van der Waals surface area contributed by atoms with Gasteiger partial charge in [-0.2, -0.15) is 0 Å². The molecule has 0 aliphatic carbocycles. The lowest BCUT2D eigenvalue weighted by Crippen LogP contribution is -2.17. The molecule has 3 rings (SSSR count). The molecule has 3 aromatic carbocycles. The second-order valence-corrected chi connectivity index (χ2v) is 6.27. The van der Waals surface area contributed by atoms with Crippen LogP contribution in [-0.2, 0) is 4.79 Å². The zero-order valence-corrected chi connectivity index (χ0v) is 15.5. The number of hydrogen-bond donors (Lipinski definition) is 0. The fourth-order valence-electron chi connectivity index (χ4n) is 2.77. The van der Waals surface area contributed by atoms with E-state index in [4.69, 9.17) is 14.2 Å². The first kappa shape index (κ1) is 18.8. The normalized spacial score (nSPS) is 10.6. The quantitative estimate of drug-likeness (QED) is 0.290. The van der Waals surface area contributed by atoms with Crippen molar-refractivity contribution in [3.8, 4) is 17.2 Å². The minimum absolute atomic E-state index is 0.164. The van der Waals surface area contributed by atoms with Crippen LogP contribution in [0, 0.1) is 0 Å². The highest BCUT2D eigenvalue weighted by Gasteiger charge is 2.09. The molecule has 140 valence electrons. The fraction of sp³-hybridized carbons (Fsp3) is 0.261. The summed E-state index contributed by atoms with van der Waals surface area (Å²) in [5.74, 6) is 1.42. The van der Waals surface area contributed by atoms with E-state index < -0.39 is 5.97 Å². The monoisotopic (exact) mass is 364 g/mol. The summed E-state index contributed by atoms with van der Waals surface area (Å²) >= 11 is 0. The average molecular weight is 364 g/mol. The summed E-state index contributed by atoms with van der Waals surface area (Å²) in [6.45, 7) is 2.68. The molecule has 0 heterocycles. The molecular formula is C23H24O4. The van der Waals surface area contributed by atoms with E-state index in [9.17, 15) is 4.79 Å². The Morgan fingerprint density at radius 3 is 2.44 bits per heavy atom. The number of esters is 1. The highest BCUT2D eigenvalue weighted by Crippen LogP contribution is 2.25. The lowest BCUT2D eigenvalue weighted by Gasteiger charge is -2.10. The average Bonchev–Trinajstić information content (AvgIpc) is 2.70. The molecule has 0 saturated carbocycles. The van der Waals surface area contributed by atoms with Gasteiger partial charge >= 0.3 is 5.97 Å². The summed E-state index contributed by atoms with van der Waals surface area (Å²) in [5, 5.41) is 1.92. The zero-order valence-electron chi connectivity index (χ0n) is 15.5. The van der Waals surface area contributed by atoms with E-state index in [0.29, 0.717) is 18.1 Å². The molecule has 0 radical (unpaired) electrons. The number of ether oxygens (including phenoxy) is 3. The molecular weight excluding hydrogens is 340 g/mol. The highest BCUT2D eigenvalue weighted by atomic mass is 16.6. The summed E-state index contributed by atoms with van der Waals surface area (Å²) in [7, 11) is 0. The third-order valence-electron chi connectivity index (χ3n) is 4.15. The van der Waals surface area contributed by atoms with Crippen LogP contribution in [0.1, 0.15) is 26.2 Å². The van der Waals surface area contributed by atoms with Crippen molar-refractivity contribution in [1.82, 2.24) is 0 Å². The molecule has 0 saturated heterocycles. The summed E-state index contributed by atoms with van der Waals surface area (Å²) in [6.07, 6.45) is 3.33. The van der Waals surface area contributed by atoms with E-state index in [2.05, 4.69) is 6.92 Å². The Labute approximate surface area is 159 Å². The second-order valence-electron chi connectivity index (χ2n) is 6.27. The minimum atomic E-state index is -0.444. The summed E-state index contributed by atoms with van der Waals surface area (Å²) in [5.41, 5.74) is 0. The maximum atomic E-state index is 12.2. The van der Waals surface area contributed by atoms with E-state index in [1.807, 2.05) is 48.5 Å². The maximum Gasteiger partial charge on any atom is 0.349 e. The fourth-order valence-corrected chi connectivity index (χ4v) is 2.77. The smallest absolute Gasteiger partial charge is 0.349 e. The molecule has 0 aliphatic rings. The van der Waals surface area contributed by atoms with Gasteiger partial charge in [-0.25, -0.2) is 4.79 Å². The Balaban J connectivity index is 1.54. The van der Waals surface area contributed by atoms with E-state index in [1.54, 1.807) is 18.2 Å². The Bertz CT molecular complexity index is 883. The molecule has 4 heteroatoms. The van der Waals surface area contributed by atoms with Crippen LogP contribution in [0.2, 0.25) is 0 Å². The van der Waals surface area contributed by atoms with Gasteiger partial charge in [0.1, 0.15) is 17.2 Å². The standard InChI is InChI=1S/C23H24O4/c1-2-3-6-15-25-19-11-8-12-20(16-19)26-17-23(24)27-22-14-7-10-18-9-4-5-13-21(18)22/h4-5,7-14,16H,2-3,6,15,17H2,1H3. The van der Waals surface area contributed by atoms with Gasteiger partial charge in [0.25, 0.3) is 0 Å². The van der Waals surface area contributed by atoms with Crippen molar-refractivity contribution in [3.63, 3.8) is 0 Å². The van der Waals surface area contributed by atoms with E-state index in [0.717, 1.165) is 35.8 Å². The van der Waals surface area contributed by atoms with E-state index >= 15 is 0 Å². The molecule has 27 heavy (non-hydrogen) atoms. The molecule has 0 aromatic heterocycles. The van der Waals surface area contributed by atoms with Gasteiger partial charge < -0.3 is 14.2 Å². The summed E-state index contributed by atoms with van der Waals surface area (Å²) in [4.78, 5) is 12.2. The molecule has 3 aromatic rings. The van der Waals surface area contributed by atoms with Gasteiger partial charge in [0, 0.05) is 11.5 Å². The molecule has 0 aliphatic heterocycles. The number of fused-ring (bicyclic) bond motifs is 1. The van der Waals surface area contributed by atoms with Crippen LogP contribution in [0.4, 0.5) is 0 Å². The Kier molecular flexibility index (Phi) is 6.69. The first-order valence-corrected chi connectivity index (χ1v) is 9.30. The van der Waals surface area contributed by atoms with Crippen molar-refractivity contribution in [1.29, 1.82) is 0 Å². The van der Waals surface area contributed by atoms with Gasteiger partial charge in [-0.1, -0.05) is 62.2 Å². The topological polar surface area (TPSA) is 44.8 Å². The predicted octanol–water partition coefficient (Wildman–Crippen LogP) is 5.39. The first-order valence-electron chi connectivity index (χ1n) is 9.30. The van der Waals surface area contributed by atoms with Crippen molar-refractivity contribution < 1.29 is 19.0 Å². The van der Waals surface area contributed by atoms with Crippen LogP contribution >= 0.6 is 0 Å². The van der Waals surface area contributed by atoms with Gasteiger partial charge in [0.2, 0.25) is 0 Å². The van der Waals surface area contributed by atoms with Crippen LogP contribution in [0.5, 0.6) is 17.2 Å². The van der Waals surface area contributed by atoms with Gasteiger partial charge in [-0.05, 0) is 30.0 Å². The highest BCUT2D eigenvalue weighted by molar-refractivity contribution is 5.90. The number of hydrogen-bond acceptors (Lipinski definition) is 4. The van der Waals surface area contributed by atoms with Gasteiger partial charge in [0.05, 0.1) is 6.61 Å². The molecule has 0 spiro atoms. The van der Waals surface area contributed by atoms with E-state index in [1.165, 1.54) is 0 Å². The molecule has 0 unspecified atom stereocenters. The third kappa shape index (κ3) is 5.48. The molecule has 0 fully saturated rings. The van der Waals surface area contributed by atoms with Crippen LogP contribution in [0.25, 0.3) is 10.8 Å². The van der Waals surface area contributed by atoms with Gasteiger partial charge in [0.15, 0.2) is 6.61 Å². The van der Waals surface area contributed by atoms with Crippen LogP contribution in [0.15, 0.2) is 66.7 Å². The molecule has 0 atom stereocenters. The third-order valence-corrected chi connectivity index (χ3v) is 4.15. The minimum Gasteiger partial charge on any atom is -0.493 e. The van der Waals surface area contributed by atoms with Crippen molar-refractivity contribution >= 4 is 16.7 Å².